The summed E-state index contributed by atoms with van der Waals surface area (Å²) in [5.41, 5.74) is 4.24. The fourth-order valence-corrected chi connectivity index (χ4v) is 6.61. The molecule has 0 aliphatic carbocycles. The van der Waals surface area contributed by atoms with Gasteiger partial charge in [-0.1, -0.05) is 43.9 Å². The summed E-state index contributed by atoms with van der Waals surface area (Å²) in [7, 11) is -1.23. The van der Waals surface area contributed by atoms with Gasteiger partial charge >= 0.3 is 0 Å². The zero-order valence-electron chi connectivity index (χ0n) is 26.4. The van der Waals surface area contributed by atoms with Gasteiger partial charge in [0.1, 0.15) is 23.6 Å². The molecule has 0 saturated carbocycles. The lowest BCUT2D eigenvalue weighted by Crippen LogP contribution is -2.41. The number of carbonyl (C=O) groups is 1. The number of anilines is 2. The number of likely N-dealkylation sites (tertiary alicyclic amines) is 1. The Bertz CT molecular complexity index is 1400. The SMILES string of the molecule is CC(=O)N1CCC(Nc2nc(C)nc3c(NC[C@H](O)CN4CCc5ccccc5C4)nn(COCC[Si](C)(C)C)c23)CC1. The molecule has 0 bridgehead atoms. The molecule has 0 radical (unpaired) electrons. The predicted molar refractivity (Wildman–Crippen MR) is 173 cm³/mol. The zero-order valence-corrected chi connectivity index (χ0v) is 27.4. The van der Waals surface area contributed by atoms with Crippen molar-refractivity contribution in [1.82, 2.24) is 29.5 Å². The minimum atomic E-state index is -1.23. The van der Waals surface area contributed by atoms with Crippen molar-refractivity contribution < 1.29 is 14.6 Å². The van der Waals surface area contributed by atoms with Gasteiger partial charge in [0, 0.05) is 66.9 Å². The molecule has 12 heteroatoms. The van der Waals surface area contributed by atoms with E-state index in [0.717, 1.165) is 62.8 Å². The fraction of sp³-hybridized carbons (Fsp3) is 0.613. The zero-order chi connectivity index (χ0) is 30.6. The molecule has 1 fully saturated rings. The van der Waals surface area contributed by atoms with Crippen molar-refractivity contribution >= 4 is 36.7 Å². The Labute approximate surface area is 256 Å². The molecule has 4 heterocycles. The van der Waals surface area contributed by atoms with Gasteiger partial charge < -0.3 is 25.4 Å². The van der Waals surface area contributed by atoms with E-state index in [4.69, 9.17) is 19.8 Å². The second-order valence-electron chi connectivity index (χ2n) is 13.2. The van der Waals surface area contributed by atoms with Gasteiger partial charge in [-0.25, -0.2) is 14.6 Å². The molecule has 0 spiro atoms. The molecule has 43 heavy (non-hydrogen) atoms. The quantitative estimate of drug-likeness (QED) is 0.209. The molecular formula is C31H48N8O3Si. The number of piperidine rings is 1. The second-order valence-corrected chi connectivity index (χ2v) is 18.8. The Morgan fingerprint density at radius 1 is 1.12 bits per heavy atom. The highest BCUT2D eigenvalue weighted by molar-refractivity contribution is 6.76. The Hall–Kier alpha value is -3.06. The summed E-state index contributed by atoms with van der Waals surface area (Å²) in [6.07, 6.45) is 2.14. The van der Waals surface area contributed by atoms with E-state index in [1.165, 1.54) is 11.1 Å². The van der Waals surface area contributed by atoms with Gasteiger partial charge in [-0.3, -0.25) is 9.69 Å². The molecule has 1 atom stereocenters. The molecule has 1 aromatic carbocycles. The summed E-state index contributed by atoms with van der Waals surface area (Å²) in [6.45, 7) is 15.7. The van der Waals surface area contributed by atoms with E-state index in [1.54, 1.807) is 6.92 Å². The number of aliphatic hydroxyl groups excluding tert-OH is 1. The first-order chi connectivity index (χ1) is 20.6. The first-order valence-electron chi connectivity index (χ1n) is 15.6. The Morgan fingerprint density at radius 2 is 1.86 bits per heavy atom. The molecule has 3 aromatic rings. The normalized spacial score (nSPS) is 17.2. The third-order valence-corrected chi connectivity index (χ3v) is 10.1. The van der Waals surface area contributed by atoms with Crippen molar-refractivity contribution in [1.29, 1.82) is 0 Å². The van der Waals surface area contributed by atoms with Crippen LogP contribution < -0.4 is 10.6 Å². The molecular weight excluding hydrogens is 560 g/mol. The van der Waals surface area contributed by atoms with Crippen molar-refractivity contribution in [3.05, 3.63) is 41.2 Å². The lowest BCUT2D eigenvalue weighted by atomic mass is 10.00. The number of amides is 1. The number of carbonyl (C=O) groups excluding carboxylic acids is 1. The van der Waals surface area contributed by atoms with E-state index in [9.17, 15) is 9.90 Å². The van der Waals surface area contributed by atoms with Crippen LogP contribution in [0.25, 0.3) is 11.0 Å². The number of nitrogens with zero attached hydrogens (tertiary/aromatic N) is 6. The van der Waals surface area contributed by atoms with Crippen LogP contribution in [0.2, 0.25) is 25.7 Å². The molecule has 0 unspecified atom stereocenters. The van der Waals surface area contributed by atoms with Crippen molar-refractivity contribution in [2.24, 2.45) is 0 Å². The molecule has 3 N–H and O–H groups in total. The van der Waals surface area contributed by atoms with Crippen LogP contribution in [0.1, 0.15) is 36.7 Å². The van der Waals surface area contributed by atoms with Crippen molar-refractivity contribution in [3.63, 3.8) is 0 Å². The number of benzene rings is 1. The number of β-amino-alcohol motifs (C(OH)–C–C–N with tert-alkyl or cyclic N) is 1. The third-order valence-electron chi connectivity index (χ3n) is 8.37. The lowest BCUT2D eigenvalue weighted by molar-refractivity contribution is -0.129. The summed E-state index contributed by atoms with van der Waals surface area (Å²) in [5, 5.41) is 22.9. The van der Waals surface area contributed by atoms with Crippen molar-refractivity contribution in [2.45, 2.75) is 84.2 Å². The third kappa shape index (κ3) is 8.31. The summed E-state index contributed by atoms with van der Waals surface area (Å²) in [6, 6.07) is 9.81. The van der Waals surface area contributed by atoms with Crippen LogP contribution in [0, 0.1) is 6.92 Å². The predicted octanol–water partition coefficient (Wildman–Crippen LogP) is 3.70. The van der Waals surface area contributed by atoms with Crippen LogP contribution >= 0.6 is 0 Å². The van der Waals surface area contributed by atoms with Gasteiger partial charge in [0.25, 0.3) is 0 Å². The highest BCUT2D eigenvalue weighted by Gasteiger charge is 2.25. The summed E-state index contributed by atoms with van der Waals surface area (Å²) in [5.74, 6) is 2.11. The highest BCUT2D eigenvalue weighted by atomic mass is 28.3. The molecule has 5 rings (SSSR count). The van der Waals surface area contributed by atoms with Crippen molar-refractivity contribution in [3.8, 4) is 0 Å². The largest absolute Gasteiger partial charge is 0.390 e. The first kappa shape index (κ1) is 31.4. The lowest BCUT2D eigenvalue weighted by Gasteiger charge is -2.32. The number of fused-ring (bicyclic) bond motifs is 2. The monoisotopic (exact) mass is 608 g/mol. The van der Waals surface area contributed by atoms with Crippen LogP contribution in [0.3, 0.4) is 0 Å². The number of hydrogen-bond donors (Lipinski definition) is 3. The maximum Gasteiger partial charge on any atom is 0.219 e. The van der Waals surface area contributed by atoms with E-state index in [-0.39, 0.29) is 11.9 Å². The van der Waals surface area contributed by atoms with E-state index in [2.05, 4.69) is 59.4 Å². The summed E-state index contributed by atoms with van der Waals surface area (Å²) >= 11 is 0. The van der Waals surface area contributed by atoms with Crippen molar-refractivity contribution in [2.75, 3.05) is 50.0 Å². The van der Waals surface area contributed by atoms with Crippen LogP contribution in [-0.2, 0) is 29.2 Å². The van der Waals surface area contributed by atoms with Gasteiger partial charge in [-0.15, -0.1) is 0 Å². The Morgan fingerprint density at radius 3 is 2.58 bits per heavy atom. The average molecular weight is 609 g/mol. The first-order valence-corrected chi connectivity index (χ1v) is 19.3. The average Bonchev–Trinajstić information content (AvgIpc) is 3.31. The number of ether oxygens (including phenoxy) is 1. The number of hydrogen-bond acceptors (Lipinski definition) is 9. The molecule has 234 valence electrons. The minimum Gasteiger partial charge on any atom is -0.390 e. The smallest absolute Gasteiger partial charge is 0.219 e. The van der Waals surface area contributed by atoms with E-state index < -0.39 is 14.2 Å². The molecule has 2 aromatic heterocycles. The number of rotatable bonds is 12. The molecule has 1 saturated heterocycles. The Balaban J connectivity index is 1.30. The number of aryl methyl sites for hydroxylation is 1. The summed E-state index contributed by atoms with van der Waals surface area (Å²) < 4.78 is 7.95. The number of nitrogens with one attached hydrogen (secondary N) is 2. The van der Waals surface area contributed by atoms with E-state index in [1.807, 2.05) is 16.5 Å². The molecule has 2 aliphatic heterocycles. The highest BCUT2D eigenvalue weighted by Crippen LogP contribution is 2.29. The minimum absolute atomic E-state index is 0.121. The van der Waals surface area contributed by atoms with E-state index in [0.29, 0.717) is 43.6 Å². The Kier molecular flexibility index (Phi) is 10.00. The van der Waals surface area contributed by atoms with Crippen LogP contribution in [0.4, 0.5) is 11.6 Å². The van der Waals surface area contributed by atoms with Gasteiger partial charge in [0.15, 0.2) is 11.6 Å². The van der Waals surface area contributed by atoms with Crippen LogP contribution in [0.15, 0.2) is 24.3 Å². The molecule has 11 nitrogen and oxygen atoms in total. The van der Waals surface area contributed by atoms with Crippen LogP contribution in [-0.4, -0.2) is 100 Å². The van der Waals surface area contributed by atoms with Gasteiger partial charge in [-0.05, 0) is 43.4 Å². The maximum absolute atomic E-state index is 11.8. The topological polar surface area (TPSA) is 121 Å². The summed E-state index contributed by atoms with van der Waals surface area (Å²) in [4.78, 5) is 25.6. The number of aromatic nitrogens is 4. The van der Waals surface area contributed by atoms with E-state index >= 15 is 0 Å². The second kappa shape index (κ2) is 13.7. The van der Waals surface area contributed by atoms with Gasteiger partial charge in [0.05, 0.1) is 6.10 Å². The molecule has 1 amide bonds. The van der Waals surface area contributed by atoms with Gasteiger partial charge in [-0.2, -0.15) is 5.10 Å². The van der Waals surface area contributed by atoms with Gasteiger partial charge in [0.2, 0.25) is 5.91 Å². The standard InChI is InChI=1S/C31H48N8O3Si/c1-22-33-28-29(31(34-22)35-26-11-14-38(15-12-26)23(2)40)39(21-42-16-17-43(3,4)5)36-30(28)32-18-27(41)20-37-13-10-24-8-6-7-9-25(24)19-37/h6-9,26-27,41H,10-21H2,1-5H3,(H,32,36)(H,33,34,35)/t27-/m0/s1. The molecule has 2 aliphatic rings. The number of aliphatic hydroxyl groups is 1. The maximum atomic E-state index is 11.8. The fourth-order valence-electron chi connectivity index (χ4n) is 5.86. The van der Waals surface area contributed by atoms with Crippen LogP contribution in [0.5, 0.6) is 0 Å².